The number of hydrogen-bond donors (Lipinski definition) is 2. The molecule has 112 valence electrons. The first-order chi connectivity index (χ1) is 10.2. The Morgan fingerprint density at radius 1 is 1.33 bits per heavy atom. The molecule has 0 spiro atoms. The number of nitriles is 1. The van der Waals surface area contributed by atoms with Gasteiger partial charge in [-0.15, -0.1) is 0 Å². The van der Waals surface area contributed by atoms with Gasteiger partial charge in [-0.2, -0.15) is 5.26 Å². The summed E-state index contributed by atoms with van der Waals surface area (Å²) in [7, 11) is 0. The van der Waals surface area contributed by atoms with Crippen molar-refractivity contribution in [3.8, 4) is 6.07 Å². The predicted molar refractivity (Wildman–Crippen MR) is 87.5 cm³/mol. The SMILES string of the molecule is CCCCNC(=O)/C(C#N)=C\NCCc1ccc(Br)cc1. The summed E-state index contributed by atoms with van der Waals surface area (Å²) in [6.45, 7) is 3.33. The number of carbonyl (C=O) groups is 1. The van der Waals surface area contributed by atoms with E-state index in [1.165, 1.54) is 11.8 Å². The van der Waals surface area contributed by atoms with Gasteiger partial charge >= 0.3 is 0 Å². The highest BCUT2D eigenvalue weighted by Crippen LogP contribution is 2.10. The average Bonchev–Trinajstić information content (AvgIpc) is 2.49. The second kappa shape index (κ2) is 10.0. The first-order valence-electron chi connectivity index (χ1n) is 7.03. The van der Waals surface area contributed by atoms with Crippen molar-refractivity contribution in [2.75, 3.05) is 13.1 Å². The van der Waals surface area contributed by atoms with E-state index in [0.29, 0.717) is 13.1 Å². The minimum atomic E-state index is -0.318. The quantitative estimate of drug-likeness (QED) is 0.430. The normalized spacial score (nSPS) is 10.8. The Kier molecular flexibility index (Phi) is 8.22. The first kappa shape index (κ1) is 17.3. The Hall–Kier alpha value is -1.80. The second-order valence-corrected chi connectivity index (χ2v) is 5.53. The minimum absolute atomic E-state index is 0.113. The van der Waals surface area contributed by atoms with Gasteiger partial charge in [0.1, 0.15) is 11.6 Å². The van der Waals surface area contributed by atoms with Crippen LogP contribution in [0.15, 0.2) is 40.5 Å². The van der Waals surface area contributed by atoms with Crippen molar-refractivity contribution in [3.05, 3.63) is 46.1 Å². The second-order valence-electron chi connectivity index (χ2n) is 4.61. The standard InChI is InChI=1S/C16H20BrN3O/c1-2-3-9-20-16(21)14(11-18)12-19-10-8-13-4-6-15(17)7-5-13/h4-7,12,19H,2-3,8-10H2,1H3,(H,20,21)/b14-12-. The molecule has 0 saturated heterocycles. The van der Waals surface area contributed by atoms with Gasteiger partial charge in [-0.05, 0) is 30.5 Å². The largest absolute Gasteiger partial charge is 0.389 e. The number of rotatable bonds is 8. The number of nitrogens with one attached hydrogen (secondary N) is 2. The summed E-state index contributed by atoms with van der Waals surface area (Å²) in [5.41, 5.74) is 1.31. The molecule has 0 aliphatic rings. The molecule has 0 bridgehead atoms. The van der Waals surface area contributed by atoms with Crippen LogP contribution in [0.3, 0.4) is 0 Å². The van der Waals surface area contributed by atoms with E-state index >= 15 is 0 Å². The summed E-state index contributed by atoms with van der Waals surface area (Å²) in [6.07, 6.45) is 4.25. The Morgan fingerprint density at radius 3 is 2.67 bits per heavy atom. The zero-order chi connectivity index (χ0) is 15.5. The topological polar surface area (TPSA) is 64.9 Å². The average molecular weight is 350 g/mol. The summed E-state index contributed by atoms with van der Waals surface area (Å²) >= 11 is 3.39. The van der Waals surface area contributed by atoms with E-state index in [1.807, 2.05) is 30.3 Å². The molecule has 0 unspecified atom stereocenters. The lowest BCUT2D eigenvalue weighted by atomic mass is 10.1. The van der Waals surface area contributed by atoms with E-state index in [-0.39, 0.29) is 11.5 Å². The predicted octanol–water partition coefficient (Wildman–Crippen LogP) is 2.90. The van der Waals surface area contributed by atoms with Crippen molar-refractivity contribution >= 4 is 21.8 Å². The van der Waals surface area contributed by atoms with E-state index in [9.17, 15) is 4.79 Å². The zero-order valence-corrected chi connectivity index (χ0v) is 13.7. The van der Waals surface area contributed by atoms with Gasteiger partial charge in [0.25, 0.3) is 5.91 Å². The summed E-state index contributed by atoms with van der Waals surface area (Å²) in [5.74, 6) is -0.318. The van der Waals surface area contributed by atoms with Crippen LogP contribution < -0.4 is 10.6 Å². The van der Waals surface area contributed by atoms with Crippen LogP contribution in [-0.4, -0.2) is 19.0 Å². The van der Waals surface area contributed by atoms with Gasteiger partial charge in [-0.25, -0.2) is 0 Å². The Balaban J connectivity index is 2.37. The van der Waals surface area contributed by atoms with Crippen LogP contribution in [0.25, 0.3) is 0 Å². The minimum Gasteiger partial charge on any atom is -0.389 e. The maximum atomic E-state index is 11.7. The third kappa shape index (κ3) is 6.96. The van der Waals surface area contributed by atoms with Crippen molar-refractivity contribution < 1.29 is 4.79 Å². The lowest BCUT2D eigenvalue weighted by molar-refractivity contribution is -0.117. The third-order valence-corrected chi connectivity index (χ3v) is 3.43. The van der Waals surface area contributed by atoms with Crippen LogP contribution in [0.1, 0.15) is 25.3 Å². The first-order valence-corrected chi connectivity index (χ1v) is 7.83. The third-order valence-electron chi connectivity index (χ3n) is 2.90. The van der Waals surface area contributed by atoms with Crippen LogP contribution in [0.5, 0.6) is 0 Å². The zero-order valence-electron chi connectivity index (χ0n) is 12.2. The van der Waals surface area contributed by atoms with Gasteiger partial charge in [0.05, 0.1) is 0 Å². The Labute approximate surface area is 134 Å². The van der Waals surface area contributed by atoms with Crippen LogP contribution in [-0.2, 0) is 11.2 Å². The van der Waals surface area contributed by atoms with Crippen molar-refractivity contribution in [1.82, 2.24) is 10.6 Å². The maximum Gasteiger partial charge on any atom is 0.263 e. The summed E-state index contributed by atoms with van der Waals surface area (Å²) in [6, 6.07) is 9.98. The van der Waals surface area contributed by atoms with Crippen molar-refractivity contribution in [2.24, 2.45) is 0 Å². The fourth-order valence-electron chi connectivity index (χ4n) is 1.66. The van der Waals surface area contributed by atoms with Gasteiger partial charge in [-0.1, -0.05) is 41.4 Å². The van der Waals surface area contributed by atoms with E-state index in [0.717, 1.165) is 23.7 Å². The number of nitrogens with zero attached hydrogens (tertiary/aromatic N) is 1. The van der Waals surface area contributed by atoms with E-state index in [4.69, 9.17) is 5.26 Å². The molecule has 0 atom stereocenters. The van der Waals surface area contributed by atoms with E-state index in [1.54, 1.807) is 0 Å². The number of carbonyl (C=O) groups excluding carboxylic acids is 1. The molecule has 1 rings (SSSR count). The van der Waals surface area contributed by atoms with Gasteiger partial charge in [-0.3, -0.25) is 4.79 Å². The molecule has 0 saturated carbocycles. The van der Waals surface area contributed by atoms with Gasteiger partial charge in [0, 0.05) is 23.8 Å². The molecule has 0 radical (unpaired) electrons. The molecule has 21 heavy (non-hydrogen) atoms. The van der Waals surface area contributed by atoms with Crippen molar-refractivity contribution in [1.29, 1.82) is 5.26 Å². The number of hydrogen-bond acceptors (Lipinski definition) is 3. The van der Waals surface area contributed by atoms with Crippen LogP contribution in [0.4, 0.5) is 0 Å². The molecule has 0 aliphatic carbocycles. The van der Waals surface area contributed by atoms with Gasteiger partial charge in [0.2, 0.25) is 0 Å². The van der Waals surface area contributed by atoms with E-state index in [2.05, 4.69) is 33.5 Å². The maximum absolute atomic E-state index is 11.7. The Morgan fingerprint density at radius 2 is 2.05 bits per heavy atom. The van der Waals surface area contributed by atoms with Gasteiger partial charge in [0.15, 0.2) is 0 Å². The number of unbranched alkanes of at least 4 members (excludes halogenated alkanes) is 1. The lowest BCUT2D eigenvalue weighted by Gasteiger charge is -2.05. The number of halogens is 1. The number of benzene rings is 1. The highest BCUT2D eigenvalue weighted by atomic mass is 79.9. The molecule has 1 amide bonds. The lowest BCUT2D eigenvalue weighted by Crippen LogP contribution is -2.26. The van der Waals surface area contributed by atoms with Crippen LogP contribution in [0.2, 0.25) is 0 Å². The van der Waals surface area contributed by atoms with Gasteiger partial charge < -0.3 is 10.6 Å². The molecule has 0 aliphatic heterocycles. The monoisotopic (exact) mass is 349 g/mol. The van der Waals surface area contributed by atoms with Crippen molar-refractivity contribution in [2.45, 2.75) is 26.2 Å². The molecule has 2 N–H and O–H groups in total. The molecule has 4 nitrogen and oxygen atoms in total. The fourth-order valence-corrected chi connectivity index (χ4v) is 1.93. The van der Waals surface area contributed by atoms with Crippen LogP contribution in [0, 0.1) is 11.3 Å². The highest BCUT2D eigenvalue weighted by molar-refractivity contribution is 9.10. The molecule has 0 aromatic heterocycles. The summed E-state index contributed by atoms with van der Waals surface area (Å²) in [5, 5.41) is 14.7. The van der Waals surface area contributed by atoms with Crippen LogP contribution >= 0.6 is 15.9 Å². The Bertz CT molecular complexity index is 517. The van der Waals surface area contributed by atoms with E-state index < -0.39 is 0 Å². The molecule has 5 heteroatoms. The fraction of sp³-hybridized carbons (Fsp3) is 0.375. The number of amides is 1. The summed E-state index contributed by atoms with van der Waals surface area (Å²) < 4.78 is 1.05. The molecular weight excluding hydrogens is 330 g/mol. The highest BCUT2D eigenvalue weighted by Gasteiger charge is 2.06. The van der Waals surface area contributed by atoms with Crippen molar-refractivity contribution in [3.63, 3.8) is 0 Å². The smallest absolute Gasteiger partial charge is 0.263 e. The molecule has 1 aromatic carbocycles. The molecule has 0 heterocycles. The molecule has 0 fully saturated rings. The summed E-state index contributed by atoms with van der Waals surface area (Å²) in [4.78, 5) is 11.7. The molecular formula is C16H20BrN3O. The molecule has 1 aromatic rings.